The zero-order valence-corrected chi connectivity index (χ0v) is 14.3. The van der Waals surface area contributed by atoms with E-state index in [1.165, 1.54) is 5.39 Å². The van der Waals surface area contributed by atoms with Crippen LogP contribution in [0.5, 0.6) is 5.75 Å². The Bertz CT molecular complexity index is 674. The van der Waals surface area contributed by atoms with E-state index in [9.17, 15) is 4.79 Å². The van der Waals surface area contributed by atoms with E-state index in [1.807, 2.05) is 39.0 Å². The number of hydrogen-bond donors (Lipinski definition) is 1. The van der Waals surface area contributed by atoms with Crippen LogP contribution in [0.3, 0.4) is 0 Å². The van der Waals surface area contributed by atoms with E-state index in [0.717, 1.165) is 16.7 Å². The molecule has 0 saturated carbocycles. The SMILES string of the molecule is COc1ccc2ccccc2c1CNCCC(=O)OC(C)(C)C. The highest BCUT2D eigenvalue weighted by molar-refractivity contribution is 5.87. The third kappa shape index (κ3) is 4.96. The molecular weight excluding hydrogens is 290 g/mol. The largest absolute Gasteiger partial charge is 0.496 e. The van der Waals surface area contributed by atoms with Crippen molar-refractivity contribution in [3.63, 3.8) is 0 Å². The van der Waals surface area contributed by atoms with Gasteiger partial charge in [-0.05, 0) is 37.6 Å². The van der Waals surface area contributed by atoms with Crippen LogP contribution in [0.2, 0.25) is 0 Å². The number of hydrogen-bond acceptors (Lipinski definition) is 4. The maximum absolute atomic E-state index is 11.7. The summed E-state index contributed by atoms with van der Waals surface area (Å²) in [5, 5.41) is 5.65. The maximum atomic E-state index is 11.7. The number of carbonyl (C=O) groups is 1. The van der Waals surface area contributed by atoms with Crippen LogP contribution in [0.1, 0.15) is 32.8 Å². The van der Waals surface area contributed by atoms with Gasteiger partial charge in [-0.25, -0.2) is 0 Å². The second kappa shape index (κ2) is 7.47. The number of fused-ring (bicyclic) bond motifs is 1. The third-order valence-corrected chi connectivity index (χ3v) is 3.45. The average Bonchev–Trinajstić information content (AvgIpc) is 2.49. The van der Waals surface area contributed by atoms with Gasteiger partial charge in [-0.15, -0.1) is 0 Å². The predicted octanol–water partition coefficient (Wildman–Crippen LogP) is 3.67. The number of esters is 1. The zero-order chi connectivity index (χ0) is 16.9. The molecule has 0 aliphatic carbocycles. The Morgan fingerprint density at radius 1 is 1.13 bits per heavy atom. The highest BCUT2D eigenvalue weighted by Crippen LogP contribution is 2.27. The van der Waals surface area contributed by atoms with Crippen molar-refractivity contribution >= 4 is 16.7 Å². The summed E-state index contributed by atoms with van der Waals surface area (Å²) in [6.07, 6.45) is 0.352. The van der Waals surface area contributed by atoms with Crippen LogP contribution in [-0.2, 0) is 16.1 Å². The van der Waals surface area contributed by atoms with Crippen molar-refractivity contribution in [1.82, 2.24) is 5.32 Å². The van der Waals surface area contributed by atoms with Crippen LogP contribution in [0.4, 0.5) is 0 Å². The fraction of sp³-hybridized carbons (Fsp3) is 0.421. The number of rotatable bonds is 6. The first-order chi connectivity index (χ1) is 10.9. The summed E-state index contributed by atoms with van der Waals surface area (Å²) in [6.45, 7) is 6.84. The van der Waals surface area contributed by atoms with Crippen LogP contribution in [0.25, 0.3) is 10.8 Å². The van der Waals surface area contributed by atoms with Gasteiger partial charge in [-0.2, -0.15) is 0 Å². The van der Waals surface area contributed by atoms with E-state index in [0.29, 0.717) is 19.5 Å². The van der Waals surface area contributed by atoms with E-state index in [4.69, 9.17) is 9.47 Å². The number of methoxy groups -OCH3 is 1. The monoisotopic (exact) mass is 315 g/mol. The molecule has 0 aromatic heterocycles. The summed E-state index contributed by atoms with van der Waals surface area (Å²) < 4.78 is 10.8. The number of benzene rings is 2. The van der Waals surface area contributed by atoms with Crippen molar-refractivity contribution in [1.29, 1.82) is 0 Å². The minimum absolute atomic E-state index is 0.185. The lowest BCUT2D eigenvalue weighted by atomic mass is 10.0. The van der Waals surface area contributed by atoms with Gasteiger partial charge in [-0.1, -0.05) is 30.3 Å². The van der Waals surface area contributed by atoms with Crippen molar-refractivity contribution in [3.05, 3.63) is 42.0 Å². The van der Waals surface area contributed by atoms with E-state index < -0.39 is 5.60 Å². The molecule has 0 spiro atoms. The Kier molecular flexibility index (Phi) is 5.61. The molecule has 23 heavy (non-hydrogen) atoms. The molecule has 4 heteroatoms. The van der Waals surface area contributed by atoms with Crippen molar-refractivity contribution in [2.45, 2.75) is 39.3 Å². The van der Waals surface area contributed by atoms with Gasteiger partial charge in [0.05, 0.1) is 13.5 Å². The summed E-state index contributed by atoms with van der Waals surface area (Å²) in [7, 11) is 1.67. The molecule has 0 aliphatic heterocycles. The molecular formula is C19H25NO3. The molecule has 0 atom stereocenters. The molecule has 0 amide bonds. The second-order valence-corrected chi connectivity index (χ2v) is 6.48. The van der Waals surface area contributed by atoms with Crippen molar-refractivity contribution in [2.24, 2.45) is 0 Å². The summed E-state index contributed by atoms with van der Waals surface area (Å²) >= 11 is 0. The molecule has 0 unspecified atom stereocenters. The fourth-order valence-corrected chi connectivity index (χ4v) is 2.49. The first-order valence-corrected chi connectivity index (χ1v) is 7.88. The Balaban J connectivity index is 1.98. The molecule has 0 heterocycles. The fourth-order valence-electron chi connectivity index (χ4n) is 2.49. The van der Waals surface area contributed by atoms with Crippen LogP contribution in [0, 0.1) is 0 Å². The summed E-state index contributed by atoms with van der Waals surface area (Å²) in [5.41, 5.74) is 0.672. The van der Waals surface area contributed by atoms with E-state index >= 15 is 0 Å². The Morgan fingerprint density at radius 2 is 1.87 bits per heavy atom. The van der Waals surface area contributed by atoms with Crippen LogP contribution in [0.15, 0.2) is 36.4 Å². The molecule has 0 saturated heterocycles. The molecule has 4 nitrogen and oxygen atoms in total. The normalized spacial score (nSPS) is 11.5. The molecule has 0 fully saturated rings. The topological polar surface area (TPSA) is 47.6 Å². The minimum atomic E-state index is -0.435. The lowest BCUT2D eigenvalue weighted by molar-refractivity contribution is -0.154. The second-order valence-electron chi connectivity index (χ2n) is 6.48. The quantitative estimate of drug-likeness (QED) is 0.652. The van der Waals surface area contributed by atoms with Gasteiger partial charge in [0, 0.05) is 18.7 Å². The first-order valence-electron chi connectivity index (χ1n) is 7.88. The molecule has 0 bridgehead atoms. The van der Waals surface area contributed by atoms with Gasteiger partial charge in [0.15, 0.2) is 0 Å². The standard InChI is InChI=1S/C19H25NO3/c1-19(2,3)23-18(21)11-12-20-13-16-15-8-6-5-7-14(15)9-10-17(16)22-4/h5-10,20H,11-13H2,1-4H3. The lowest BCUT2D eigenvalue weighted by Gasteiger charge is -2.19. The highest BCUT2D eigenvalue weighted by atomic mass is 16.6. The predicted molar refractivity (Wildman–Crippen MR) is 92.7 cm³/mol. The van der Waals surface area contributed by atoms with E-state index in [-0.39, 0.29) is 5.97 Å². The van der Waals surface area contributed by atoms with Gasteiger partial charge >= 0.3 is 5.97 Å². The lowest BCUT2D eigenvalue weighted by Crippen LogP contribution is -2.26. The minimum Gasteiger partial charge on any atom is -0.496 e. The third-order valence-electron chi connectivity index (χ3n) is 3.45. The molecule has 124 valence electrons. The number of ether oxygens (including phenoxy) is 2. The number of carbonyl (C=O) groups excluding carboxylic acids is 1. The maximum Gasteiger partial charge on any atom is 0.307 e. The van der Waals surface area contributed by atoms with Crippen molar-refractivity contribution in [2.75, 3.05) is 13.7 Å². The molecule has 2 aromatic carbocycles. The van der Waals surface area contributed by atoms with Gasteiger partial charge in [0.25, 0.3) is 0 Å². The summed E-state index contributed by atoms with van der Waals surface area (Å²) in [6, 6.07) is 12.2. The molecule has 0 aliphatic rings. The molecule has 2 aromatic rings. The molecule has 1 N–H and O–H groups in total. The van der Waals surface area contributed by atoms with Crippen LogP contribution in [-0.4, -0.2) is 25.2 Å². The van der Waals surface area contributed by atoms with Gasteiger partial charge < -0.3 is 14.8 Å². The first kappa shape index (κ1) is 17.3. The highest BCUT2D eigenvalue weighted by Gasteiger charge is 2.15. The Labute approximate surface area is 137 Å². The van der Waals surface area contributed by atoms with Gasteiger partial charge in [0.2, 0.25) is 0 Å². The Hall–Kier alpha value is -2.07. The van der Waals surface area contributed by atoms with Crippen molar-refractivity contribution in [3.8, 4) is 5.75 Å². The van der Waals surface area contributed by atoms with Crippen LogP contribution >= 0.6 is 0 Å². The van der Waals surface area contributed by atoms with Crippen molar-refractivity contribution < 1.29 is 14.3 Å². The smallest absolute Gasteiger partial charge is 0.307 e. The summed E-state index contributed by atoms with van der Waals surface area (Å²) in [5.74, 6) is 0.670. The van der Waals surface area contributed by atoms with Crippen LogP contribution < -0.4 is 10.1 Å². The summed E-state index contributed by atoms with van der Waals surface area (Å²) in [4.78, 5) is 11.7. The zero-order valence-electron chi connectivity index (χ0n) is 14.3. The average molecular weight is 315 g/mol. The number of nitrogens with one attached hydrogen (secondary N) is 1. The van der Waals surface area contributed by atoms with E-state index in [2.05, 4.69) is 23.5 Å². The van der Waals surface area contributed by atoms with Gasteiger partial charge in [-0.3, -0.25) is 4.79 Å². The van der Waals surface area contributed by atoms with E-state index in [1.54, 1.807) is 7.11 Å². The van der Waals surface area contributed by atoms with Gasteiger partial charge in [0.1, 0.15) is 11.4 Å². The molecule has 2 rings (SSSR count). The molecule has 0 radical (unpaired) electrons. The Morgan fingerprint density at radius 3 is 2.57 bits per heavy atom.